The molecule has 0 N–H and O–H groups in total. The molecule has 0 aromatic carbocycles. The average molecular weight is 258 g/mol. The Bertz CT molecular complexity index is 550. The molecule has 0 bridgehead atoms. The first-order valence-corrected chi connectivity index (χ1v) is 6.23. The number of rotatable bonds is 4. The van der Waals surface area contributed by atoms with Crippen LogP contribution in [0.5, 0.6) is 0 Å². The maximum atomic E-state index is 12.3. The molecule has 0 radical (unpaired) electrons. The Labute approximate surface area is 112 Å². The molecule has 0 fully saturated rings. The van der Waals surface area contributed by atoms with Gasteiger partial charge in [-0.3, -0.25) is 14.8 Å². The fourth-order valence-corrected chi connectivity index (χ4v) is 1.94. The van der Waals surface area contributed by atoms with Crippen LogP contribution in [0.15, 0.2) is 36.9 Å². The van der Waals surface area contributed by atoms with Crippen molar-refractivity contribution in [3.63, 3.8) is 0 Å². The number of nitrogens with zero attached hydrogens (tertiary/aromatic N) is 4. The van der Waals surface area contributed by atoms with Crippen LogP contribution in [0.25, 0.3) is 0 Å². The van der Waals surface area contributed by atoms with Gasteiger partial charge in [0.2, 0.25) is 0 Å². The molecule has 0 spiro atoms. The second-order valence-electron chi connectivity index (χ2n) is 4.67. The molecule has 19 heavy (non-hydrogen) atoms. The van der Waals surface area contributed by atoms with E-state index in [1.165, 1.54) is 0 Å². The summed E-state index contributed by atoms with van der Waals surface area (Å²) in [5.74, 6) is 0.0175. The third-order valence-corrected chi connectivity index (χ3v) is 3.27. The second-order valence-corrected chi connectivity index (χ2v) is 4.67. The molecule has 1 amide bonds. The van der Waals surface area contributed by atoms with Crippen molar-refractivity contribution < 1.29 is 4.79 Å². The largest absolute Gasteiger partial charge is 0.347 e. The van der Waals surface area contributed by atoms with Gasteiger partial charge in [-0.05, 0) is 19.1 Å². The van der Waals surface area contributed by atoms with Crippen LogP contribution in [0.1, 0.15) is 23.1 Å². The highest BCUT2D eigenvalue weighted by Crippen LogP contribution is 2.09. The highest BCUT2D eigenvalue weighted by atomic mass is 16.2. The highest BCUT2D eigenvalue weighted by molar-refractivity contribution is 5.92. The van der Waals surface area contributed by atoms with Crippen molar-refractivity contribution in [1.82, 2.24) is 19.4 Å². The van der Waals surface area contributed by atoms with E-state index >= 15 is 0 Å². The number of carbonyl (C=O) groups is 1. The van der Waals surface area contributed by atoms with E-state index in [4.69, 9.17) is 0 Å². The average Bonchev–Trinajstić information content (AvgIpc) is 2.84. The minimum atomic E-state index is 0.0175. The van der Waals surface area contributed by atoms with Crippen molar-refractivity contribution in [3.8, 4) is 0 Å². The van der Waals surface area contributed by atoms with Gasteiger partial charge < -0.3 is 9.47 Å². The molecular formula is C14H18N4O. The molecule has 1 atom stereocenters. The van der Waals surface area contributed by atoms with Gasteiger partial charge in [0.25, 0.3) is 5.91 Å². The van der Waals surface area contributed by atoms with Crippen LogP contribution in [0.3, 0.4) is 0 Å². The number of aromatic nitrogens is 3. The molecule has 2 heterocycles. The van der Waals surface area contributed by atoms with E-state index in [0.29, 0.717) is 12.1 Å². The summed E-state index contributed by atoms with van der Waals surface area (Å²) in [6.07, 6.45) is 7.61. The Morgan fingerprint density at radius 3 is 2.84 bits per heavy atom. The van der Waals surface area contributed by atoms with Crippen molar-refractivity contribution in [2.75, 3.05) is 7.05 Å². The van der Waals surface area contributed by atoms with Crippen molar-refractivity contribution in [3.05, 3.63) is 48.3 Å². The topological polar surface area (TPSA) is 51.0 Å². The maximum Gasteiger partial charge on any atom is 0.270 e. The lowest BCUT2D eigenvalue weighted by Crippen LogP contribution is -2.37. The lowest BCUT2D eigenvalue weighted by Gasteiger charge is -2.24. The monoisotopic (exact) mass is 258 g/mol. The molecule has 0 saturated carbocycles. The summed E-state index contributed by atoms with van der Waals surface area (Å²) >= 11 is 0. The number of amides is 1. The SMILES string of the molecule is C[C@@H](Cc1cnccn1)N(C)C(=O)c1cccn1C. The fourth-order valence-electron chi connectivity index (χ4n) is 1.94. The fraction of sp³-hybridized carbons (Fsp3) is 0.357. The van der Waals surface area contributed by atoms with E-state index < -0.39 is 0 Å². The lowest BCUT2D eigenvalue weighted by molar-refractivity contribution is 0.0733. The normalized spacial score (nSPS) is 12.2. The van der Waals surface area contributed by atoms with Gasteiger partial charge >= 0.3 is 0 Å². The third kappa shape index (κ3) is 2.99. The predicted octanol–water partition coefficient (Wildman–Crippen LogP) is 1.52. The lowest BCUT2D eigenvalue weighted by atomic mass is 10.1. The molecule has 100 valence electrons. The summed E-state index contributed by atoms with van der Waals surface area (Å²) in [6, 6.07) is 3.77. The zero-order valence-electron chi connectivity index (χ0n) is 11.4. The Morgan fingerprint density at radius 2 is 2.26 bits per heavy atom. The van der Waals surface area contributed by atoms with Crippen LogP contribution >= 0.6 is 0 Å². The Kier molecular flexibility index (Phi) is 3.94. The third-order valence-electron chi connectivity index (χ3n) is 3.27. The van der Waals surface area contributed by atoms with Crippen molar-refractivity contribution in [2.24, 2.45) is 7.05 Å². The zero-order chi connectivity index (χ0) is 13.8. The number of likely N-dealkylation sites (N-methyl/N-ethyl adjacent to an activating group) is 1. The molecule has 5 heteroatoms. The minimum absolute atomic E-state index is 0.0175. The molecule has 0 aliphatic carbocycles. The van der Waals surface area contributed by atoms with Gasteiger partial charge in [0, 0.05) is 51.3 Å². The number of aryl methyl sites for hydroxylation is 1. The van der Waals surface area contributed by atoms with Crippen molar-refractivity contribution in [2.45, 2.75) is 19.4 Å². The molecule has 0 aliphatic heterocycles. The molecule has 2 aromatic rings. The van der Waals surface area contributed by atoms with Gasteiger partial charge in [-0.1, -0.05) is 0 Å². The molecule has 2 aromatic heterocycles. The summed E-state index contributed by atoms with van der Waals surface area (Å²) in [5.41, 5.74) is 1.58. The molecule has 0 aliphatic rings. The number of hydrogen-bond acceptors (Lipinski definition) is 3. The first-order valence-electron chi connectivity index (χ1n) is 6.23. The van der Waals surface area contributed by atoms with E-state index in [0.717, 1.165) is 5.69 Å². The smallest absolute Gasteiger partial charge is 0.270 e. The number of carbonyl (C=O) groups excluding carboxylic acids is 1. The predicted molar refractivity (Wildman–Crippen MR) is 72.7 cm³/mol. The summed E-state index contributed by atoms with van der Waals surface area (Å²) in [5, 5.41) is 0. The van der Waals surface area contributed by atoms with E-state index in [1.807, 2.05) is 43.9 Å². The molecule has 0 unspecified atom stereocenters. The van der Waals surface area contributed by atoms with Gasteiger partial charge in [-0.25, -0.2) is 0 Å². The van der Waals surface area contributed by atoms with Gasteiger partial charge in [-0.2, -0.15) is 0 Å². The number of hydrogen-bond donors (Lipinski definition) is 0. The minimum Gasteiger partial charge on any atom is -0.347 e. The van der Waals surface area contributed by atoms with Crippen LogP contribution in [-0.2, 0) is 13.5 Å². The highest BCUT2D eigenvalue weighted by Gasteiger charge is 2.19. The van der Waals surface area contributed by atoms with Crippen LogP contribution in [0.4, 0.5) is 0 Å². The van der Waals surface area contributed by atoms with Crippen molar-refractivity contribution >= 4 is 5.91 Å². The summed E-state index contributed by atoms with van der Waals surface area (Å²) < 4.78 is 1.83. The van der Waals surface area contributed by atoms with Gasteiger partial charge in [-0.15, -0.1) is 0 Å². The first kappa shape index (κ1) is 13.3. The Balaban J connectivity index is 2.05. The van der Waals surface area contributed by atoms with Crippen LogP contribution in [0, 0.1) is 0 Å². The summed E-state index contributed by atoms with van der Waals surface area (Å²) in [7, 11) is 3.69. The van der Waals surface area contributed by atoms with E-state index in [1.54, 1.807) is 23.5 Å². The van der Waals surface area contributed by atoms with Gasteiger partial charge in [0.15, 0.2) is 0 Å². The molecule has 0 saturated heterocycles. The van der Waals surface area contributed by atoms with Gasteiger partial charge in [0.1, 0.15) is 5.69 Å². The first-order chi connectivity index (χ1) is 9.09. The summed E-state index contributed by atoms with van der Waals surface area (Å²) in [6.45, 7) is 2.01. The van der Waals surface area contributed by atoms with Crippen LogP contribution < -0.4 is 0 Å². The zero-order valence-corrected chi connectivity index (χ0v) is 11.4. The second kappa shape index (κ2) is 5.65. The molecule has 5 nitrogen and oxygen atoms in total. The van der Waals surface area contributed by atoms with Crippen molar-refractivity contribution in [1.29, 1.82) is 0 Å². The standard InChI is InChI=1S/C14H18N4O/c1-11(9-12-10-15-6-7-16-12)18(3)14(19)13-5-4-8-17(13)2/h4-8,10-11H,9H2,1-3H3/t11-/m0/s1. The van der Waals surface area contributed by atoms with Gasteiger partial charge in [0.05, 0.1) is 5.69 Å². The molecule has 2 rings (SSSR count). The van der Waals surface area contributed by atoms with Crippen LogP contribution in [-0.4, -0.2) is 38.4 Å². The quantitative estimate of drug-likeness (QED) is 0.835. The Morgan fingerprint density at radius 1 is 1.47 bits per heavy atom. The summed E-state index contributed by atoms with van der Waals surface area (Å²) in [4.78, 5) is 22.3. The Hall–Kier alpha value is -2.17. The van der Waals surface area contributed by atoms with Crippen LogP contribution in [0.2, 0.25) is 0 Å². The molecular weight excluding hydrogens is 240 g/mol. The maximum absolute atomic E-state index is 12.3. The van der Waals surface area contributed by atoms with E-state index in [2.05, 4.69) is 9.97 Å². The van der Waals surface area contributed by atoms with E-state index in [9.17, 15) is 4.79 Å². The van der Waals surface area contributed by atoms with E-state index in [-0.39, 0.29) is 11.9 Å².